The summed E-state index contributed by atoms with van der Waals surface area (Å²) >= 11 is 0. The summed E-state index contributed by atoms with van der Waals surface area (Å²) in [5.41, 5.74) is 2.27. The largest absolute Gasteiger partial charge is 0.350 e. The van der Waals surface area contributed by atoms with Crippen molar-refractivity contribution in [1.29, 1.82) is 0 Å². The topological polar surface area (TPSA) is 48.5 Å². The average Bonchev–Trinajstić information content (AvgIpc) is 2.93. The Kier molecular flexibility index (Phi) is 4.95. The third-order valence-corrected chi connectivity index (χ3v) is 3.68. The summed E-state index contributed by atoms with van der Waals surface area (Å²) in [6, 6.07) is 2.12. The zero-order valence-corrected chi connectivity index (χ0v) is 12.6. The van der Waals surface area contributed by atoms with Crippen LogP contribution in [0.1, 0.15) is 24.0 Å². The molecule has 1 saturated heterocycles. The summed E-state index contributed by atoms with van der Waals surface area (Å²) in [5.74, 6) is 1.09. The SMILES string of the molecule is CNCc1cnc(N(C)CC(=O)N2CCCC2)c(C)c1. The summed E-state index contributed by atoms with van der Waals surface area (Å²) in [7, 11) is 3.85. The Morgan fingerprint density at radius 1 is 1.45 bits per heavy atom. The molecule has 0 aliphatic carbocycles. The van der Waals surface area contributed by atoms with Crippen molar-refractivity contribution in [3.63, 3.8) is 0 Å². The van der Waals surface area contributed by atoms with E-state index in [1.54, 1.807) is 0 Å². The first-order valence-corrected chi connectivity index (χ1v) is 7.21. The van der Waals surface area contributed by atoms with Crippen LogP contribution in [-0.2, 0) is 11.3 Å². The van der Waals surface area contributed by atoms with E-state index in [1.165, 1.54) is 0 Å². The maximum atomic E-state index is 12.2. The number of aromatic nitrogens is 1. The number of aryl methyl sites for hydroxylation is 1. The number of amides is 1. The Labute approximate surface area is 121 Å². The Bertz CT molecular complexity index is 469. The van der Waals surface area contributed by atoms with Gasteiger partial charge in [0.15, 0.2) is 0 Å². The molecule has 0 saturated carbocycles. The first-order valence-electron chi connectivity index (χ1n) is 7.21. The van der Waals surface area contributed by atoms with Crippen LogP contribution in [0.15, 0.2) is 12.3 Å². The number of nitrogens with zero attached hydrogens (tertiary/aromatic N) is 3. The van der Waals surface area contributed by atoms with Crippen molar-refractivity contribution in [2.24, 2.45) is 0 Å². The Balaban J connectivity index is 2.01. The monoisotopic (exact) mass is 276 g/mol. The molecule has 0 bridgehead atoms. The van der Waals surface area contributed by atoms with Gasteiger partial charge in [0.2, 0.25) is 5.91 Å². The second kappa shape index (κ2) is 6.70. The maximum absolute atomic E-state index is 12.2. The van der Waals surface area contributed by atoms with E-state index in [-0.39, 0.29) is 5.91 Å². The van der Waals surface area contributed by atoms with E-state index in [9.17, 15) is 4.79 Å². The molecule has 5 heteroatoms. The highest BCUT2D eigenvalue weighted by atomic mass is 16.2. The number of carbonyl (C=O) groups excluding carboxylic acids is 1. The molecule has 0 radical (unpaired) electrons. The van der Waals surface area contributed by atoms with Crippen LogP contribution in [0.3, 0.4) is 0 Å². The van der Waals surface area contributed by atoms with E-state index < -0.39 is 0 Å². The van der Waals surface area contributed by atoms with Crippen molar-refractivity contribution >= 4 is 11.7 Å². The van der Waals surface area contributed by atoms with Crippen LogP contribution >= 0.6 is 0 Å². The van der Waals surface area contributed by atoms with E-state index in [1.807, 2.05) is 37.0 Å². The van der Waals surface area contributed by atoms with Crippen molar-refractivity contribution in [2.45, 2.75) is 26.3 Å². The molecule has 20 heavy (non-hydrogen) atoms. The lowest BCUT2D eigenvalue weighted by Crippen LogP contribution is -2.37. The van der Waals surface area contributed by atoms with E-state index in [0.717, 1.165) is 49.4 Å². The minimum atomic E-state index is 0.200. The summed E-state index contributed by atoms with van der Waals surface area (Å²) in [4.78, 5) is 20.5. The molecule has 1 aliphatic heterocycles. The highest BCUT2D eigenvalue weighted by Crippen LogP contribution is 2.17. The van der Waals surface area contributed by atoms with Gasteiger partial charge in [0.25, 0.3) is 0 Å². The second-order valence-corrected chi connectivity index (χ2v) is 5.46. The lowest BCUT2D eigenvalue weighted by Gasteiger charge is -2.23. The number of carbonyl (C=O) groups is 1. The molecule has 1 aromatic heterocycles. The molecule has 0 unspecified atom stereocenters. The summed E-state index contributed by atoms with van der Waals surface area (Å²) in [6.07, 6.45) is 4.13. The highest BCUT2D eigenvalue weighted by Gasteiger charge is 2.20. The minimum absolute atomic E-state index is 0.200. The van der Waals surface area contributed by atoms with Crippen molar-refractivity contribution in [2.75, 3.05) is 38.6 Å². The molecule has 1 amide bonds. The molecule has 1 aliphatic rings. The molecule has 2 rings (SSSR count). The van der Waals surface area contributed by atoms with Gasteiger partial charge in [0.05, 0.1) is 6.54 Å². The van der Waals surface area contributed by atoms with Gasteiger partial charge in [-0.25, -0.2) is 4.98 Å². The summed E-state index contributed by atoms with van der Waals surface area (Å²) in [5, 5.41) is 3.11. The van der Waals surface area contributed by atoms with Gasteiger partial charge in [0, 0.05) is 32.9 Å². The first-order chi connectivity index (χ1) is 9.61. The zero-order valence-electron chi connectivity index (χ0n) is 12.6. The van der Waals surface area contributed by atoms with Crippen LogP contribution in [0.25, 0.3) is 0 Å². The van der Waals surface area contributed by atoms with Gasteiger partial charge in [-0.1, -0.05) is 0 Å². The molecule has 1 fully saturated rings. The minimum Gasteiger partial charge on any atom is -0.350 e. The molecule has 110 valence electrons. The van der Waals surface area contributed by atoms with Crippen molar-refractivity contribution in [3.05, 3.63) is 23.4 Å². The Morgan fingerprint density at radius 3 is 2.75 bits per heavy atom. The number of likely N-dealkylation sites (N-methyl/N-ethyl adjacent to an activating group) is 1. The zero-order chi connectivity index (χ0) is 14.5. The molecular weight excluding hydrogens is 252 g/mol. The van der Waals surface area contributed by atoms with Gasteiger partial charge in [-0.15, -0.1) is 0 Å². The molecular formula is C15H24N4O. The summed E-state index contributed by atoms with van der Waals surface area (Å²) < 4.78 is 0. The quantitative estimate of drug-likeness (QED) is 0.877. The van der Waals surface area contributed by atoms with Crippen molar-refractivity contribution in [3.8, 4) is 0 Å². The molecule has 0 aromatic carbocycles. The van der Waals surface area contributed by atoms with E-state index in [0.29, 0.717) is 6.54 Å². The van der Waals surface area contributed by atoms with E-state index in [2.05, 4.69) is 16.4 Å². The smallest absolute Gasteiger partial charge is 0.242 e. The molecule has 0 spiro atoms. The predicted molar refractivity (Wildman–Crippen MR) is 80.8 cm³/mol. The van der Waals surface area contributed by atoms with Crippen LogP contribution in [0.2, 0.25) is 0 Å². The highest BCUT2D eigenvalue weighted by molar-refractivity contribution is 5.81. The number of likely N-dealkylation sites (tertiary alicyclic amines) is 1. The number of hydrogen-bond acceptors (Lipinski definition) is 4. The number of anilines is 1. The van der Waals surface area contributed by atoms with Gasteiger partial charge in [-0.2, -0.15) is 0 Å². The molecule has 5 nitrogen and oxygen atoms in total. The normalized spacial score (nSPS) is 14.7. The average molecular weight is 276 g/mol. The van der Waals surface area contributed by atoms with Gasteiger partial charge in [-0.05, 0) is 44.0 Å². The lowest BCUT2D eigenvalue weighted by molar-refractivity contribution is -0.128. The fourth-order valence-corrected chi connectivity index (χ4v) is 2.67. The first kappa shape index (κ1) is 14.8. The van der Waals surface area contributed by atoms with Crippen LogP contribution < -0.4 is 10.2 Å². The molecule has 0 atom stereocenters. The van der Waals surface area contributed by atoms with Gasteiger partial charge in [0.1, 0.15) is 5.82 Å². The number of rotatable bonds is 5. The van der Waals surface area contributed by atoms with Crippen molar-refractivity contribution in [1.82, 2.24) is 15.2 Å². The predicted octanol–water partition coefficient (Wildman–Crippen LogP) is 1.17. The number of nitrogens with one attached hydrogen (secondary N) is 1. The van der Waals surface area contributed by atoms with Crippen LogP contribution in [0.5, 0.6) is 0 Å². The fourth-order valence-electron chi connectivity index (χ4n) is 2.67. The maximum Gasteiger partial charge on any atom is 0.242 e. The van der Waals surface area contributed by atoms with Crippen LogP contribution in [0.4, 0.5) is 5.82 Å². The van der Waals surface area contributed by atoms with E-state index >= 15 is 0 Å². The van der Waals surface area contributed by atoms with Crippen LogP contribution in [0, 0.1) is 6.92 Å². The van der Waals surface area contributed by atoms with Gasteiger partial charge >= 0.3 is 0 Å². The Morgan fingerprint density at radius 2 is 2.15 bits per heavy atom. The third-order valence-electron chi connectivity index (χ3n) is 3.68. The summed E-state index contributed by atoms with van der Waals surface area (Å²) in [6.45, 7) is 5.06. The second-order valence-electron chi connectivity index (χ2n) is 5.46. The molecule has 2 heterocycles. The third kappa shape index (κ3) is 3.48. The van der Waals surface area contributed by atoms with Gasteiger partial charge < -0.3 is 15.1 Å². The van der Waals surface area contributed by atoms with E-state index in [4.69, 9.17) is 0 Å². The number of hydrogen-bond donors (Lipinski definition) is 1. The molecule has 1 N–H and O–H groups in total. The Hall–Kier alpha value is -1.62. The van der Waals surface area contributed by atoms with Gasteiger partial charge in [-0.3, -0.25) is 4.79 Å². The lowest BCUT2D eigenvalue weighted by atomic mass is 10.2. The number of pyridine rings is 1. The fraction of sp³-hybridized carbons (Fsp3) is 0.600. The van der Waals surface area contributed by atoms with Crippen LogP contribution in [-0.4, -0.2) is 49.5 Å². The molecule has 1 aromatic rings. The van der Waals surface area contributed by atoms with Crippen molar-refractivity contribution < 1.29 is 4.79 Å². The standard InChI is InChI=1S/C15H24N4O/c1-12-8-13(9-16-2)10-17-15(12)18(3)11-14(20)19-6-4-5-7-19/h8,10,16H,4-7,9,11H2,1-3H3.